The second-order valence-corrected chi connectivity index (χ2v) is 6.73. The number of nitrogens with one attached hydrogen (secondary N) is 3. The normalized spacial score (nSPS) is 12.1. The molecule has 0 spiro atoms. The molecule has 0 bridgehead atoms. The molecule has 1 aromatic carbocycles. The molecule has 1 aliphatic heterocycles. The number of imide groups is 1. The highest BCUT2D eigenvalue weighted by molar-refractivity contribution is 6.02. The summed E-state index contributed by atoms with van der Waals surface area (Å²) in [5.74, 6) is -0.403. The van der Waals surface area contributed by atoms with Gasteiger partial charge in [0.2, 0.25) is 5.91 Å². The van der Waals surface area contributed by atoms with Gasteiger partial charge < -0.3 is 24.8 Å². The van der Waals surface area contributed by atoms with Gasteiger partial charge in [0.05, 0.1) is 0 Å². The van der Waals surface area contributed by atoms with Crippen LogP contribution in [0.1, 0.15) is 26.7 Å². The highest BCUT2D eigenvalue weighted by atomic mass is 16.6. The van der Waals surface area contributed by atoms with E-state index in [9.17, 15) is 19.2 Å². The summed E-state index contributed by atoms with van der Waals surface area (Å²) in [5, 5.41) is 6.92. The maximum atomic E-state index is 11.9. The van der Waals surface area contributed by atoms with Crippen LogP contribution in [-0.2, 0) is 19.1 Å². The van der Waals surface area contributed by atoms with Crippen molar-refractivity contribution in [1.29, 1.82) is 0 Å². The molecule has 3 N–H and O–H groups in total. The van der Waals surface area contributed by atoms with Crippen molar-refractivity contribution < 1.29 is 33.4 Å². The van der Waals surface area contributed by atoms with E-state index >= 15 is 0 Å². The molecule has 2 rings (SSSR count). The van der Waals surface area contributed by atoms with E-state index in [-0.39, 0.29) is 12.5 Å². The number of benzene rings is 1. The lowest BCUT2D eigenvalue weighted by Gasteiger charge is -2.19. The van der Waals surface area contributed by atoms with Crippen LogP contribution in [-0.4, -0.2) is 50.2 Å². The first-order valence-electron chi connectivity index (χ1n) is 9.26. The maximum Gasteiger partial charge on any atom is 0.325 e. The Morgan fingerprint density at radius 3 is 2.52 bits per heavy atom. The van der Waals surface area contributed by atoms with Gasteiger partial charge in [-0.3, -0.25) is 19.7 Å². The Labute approximate surface area is 168 Å². The van der Waals surface area contributed by atoms with Gasteiger partial charge in [0.15, 0.2) is 18.1 Å². The van der Waals surface area contributed by atoms with Gasteiger partial charge in [-0.15, -0.1) is 0 Å². The van der Waals surface area contributed by atoms with Gasteiger partial charge in [0.1, 0.15) is 19.8 Å². The van der Waals surface area contributed by atoms with Gasteiger partial charge >= 0.3 is 12.0 Å². The second kappa shape index (κ2) is 10.9. The molecule has 10 nitrogen and oxygen atoms in total. The molecule has 0 saturated carbocycles. The number of rotatable bonds is 8. The lowest BCUT2D eigenvalue weighted by molar-refractivity contribution is -0.148. The molecule has 0 aliphatic carbocycles. The minimum atomic E-state index is -0.806. The number of esters is 1. The maximum absolute atomic E-state index is 11.9. The number of hydrogen-bond acceptors (Lipinski definition) is 7. The molecule has 1 aromatic rings. The molecule has 158 valence electrons. The van der Waals surface area contributed by atoms with Crippen LogP contribution in [0.4, 0.5) is 10.5 Å². The number of carbonyl (C=O) groups is 4. The molecule has 0 aromatic heterocycles. The van der Waals surface area contributed by atoms with Gasteiger partial charge in [-0.2, -0.15) is 0 Å². The van der Waals surface area contributed by atoms with E-state index in [1.54, 1.807) is 18.2 Å². The number of urea groups is 1. The molecule has 0 radical (unpaired) electrons. The van der Waals surface area contributed by atoms with Crippen LogP contribution in [0.5, 0.6) is 11.5 Å². The predicted octanol–water partition coefficient (Wildman–Crippen LogP) is 1.20. The average molecular weight is 407 g/mol. The quantitative estimate of drug-likeness (QED) is 0.552. The Morgan fingerprint density at radius 2 is 1.79 bits per heavy atom. The first-order valence-corrected chi connectivity index (χ1v) is 9.26. The van der Waals surface area contributed by atoms with E-state index in [2.05, 4.69) is 10.6 Å². The highest BCUT2D eigenvalue weighted by Gasteiger charge is 2.15. The number of ether oxygens (including phenoxy) is 3. The molecule has 4 amide bonds. The van der Waals surface area contributed by atoms with E-state index in [0.29, 0.717) is 49.2 Å². The van der Waals surface area contributed by atoms with Crippen molar-refractivity contribution in [3.8, 4) is 11.5 Å². The monoisotopic (exact) mass is 407 g/mol. The molecule has 0 fully saturated rings. The summed E-state index contributed by atoms with van der Waals surface area (Å²) in [7, 11) is 0. The summed E-state index contributed by atoms with van der Waals surface area (Å²) in [6.07, 6.45) is 1.02. The van der Waals surface area contributed by atoms with Crippen LogP contribution in [0.3, 0.4) is 0 Å². The first-order chi connectivity index (χ1) is 13.8. The Bertz CT molecular complexity index is 764. The van der Waals surface area contributed by atoms with Crippen molar-refractivity contribution in [2.45, 2.75) is 26.7 Å². The summed E-state index contributed by atoms with van der Waals surface area (Å²) >= 11 is 0. The molecular formula is C19H25N3O7. The van der Waals surface area contributed by atoms with Gasteiger partial charge in [-0.25, -0.2) is 4.79 Å². The van der Waals surface area contributed by atoms with Crippen molar-refractivity contribution in [2.24, 2.45) is 5.92 Å². The Morgan fingerprint density at radius 1 is 1.07 bits per heavy atom. The molecule has 1 heterocycles. The van der Waals surface area contributed by atoms with Crippen LogP contribution in [0.2, 0.25) is 0 Å². The zero-order valence-corrected chi connectivity index (χ0v) is 16.4. The van der Waals surface area contributed by atoms with Crippen molar-refractivity contribution >= 4 is 29.5 Å². The number of hydrogen-bond donors (Lipinski definition) is 3. The standard InChI is InChI=1S/C19H25N3O7/c1-12(2)3-6-16(23)20-10-18(25)29-11-17(24)22-19(26)21-13-4-5-14-15(9-13)28-8-7-27-14/h4-5,9,12H,3,6-8,10-11H2,1-2H3,(H,20,23)(H2,21,22,24,26). The SMILES string of the molecule is CC(C)CCC(=O)NCC(=O)OCC(=O)NC(=O)Nc1ccc2c(c1)OCCO2. The minimum Gasteiger partial charge on any atom is -0.486 e. The van der Waals surface area contributed by atoms with Crippen LogP contribution in [0, 0.1) is 5.92 Å². The molecular weight excluding hydrogens is 382 g/mol. The van der Waals surface area contributed by atoms with E-state index in [0.717, 1.165) is 0 Å². The smallest absolute Gasteiger partial charge is 0.325 e. The van der Waals surface area contributed by atoms with Crippen molar-refractivity contribution in [1.82, 2.24) is 10.6 Å². The summed E-state index contributed by atoms with van der Waals surface area (Å²) in [6, 6.07) is 4.02. The van der Waals surface area contributed by atoms with E-state index < -0.39 is 24.5 Å². The summed E-state index contributed by atoms with van der Waals surface area (Å²) < 4.78 is 15.5. The van der Waals surface area contributed by atoms with Crippen molar-refractivity contribution in [2.75, 3.05) is 31.7 Å². The molecule has 0 unspecified atom stereocenters. The predicted molar refractivity (Wildman–Crippen MR) is 103 cm³/mol. The lowest BCUT2D eigenvalue weighted by Crippen LogP contribution is -2.38. The Balaban J connectivity index is 1.66. The fourth-order valence-electron chi connectivity index (χ4n) is 2.32. The van der Waals surface area contributed by atoms with E-state index in [4.69, 9.17) is 14.2 Å². The van der Waals surface area contributed by atoms with Crippen molar-refractivity contribution in [3.05, 3.63) is 18.2 Å². The molecule has 0 atom stereocenters. The number of fused-ring (bicyclic) bond motifs is 1. The van der Waals surface area contributed by atoms with Gasteiger partial charge in [-0.1, -0.05) is 13.8 Å². The van der Waals surface area contributed by atoms with Gasteiger partial charge in [0, 0.05) is 18.2 Å². The van der Waals surface area contributed by atoms with Crippen LogP contribution < -0.4 is 25.4 Å². The fraction of sp³-hybridized carbons (Fsp3) is 0.474. The zero-order chi connectivity index (χ0) is 21.2. The minimum absolute atomic E-state index is 0.265. The number of carbonyl (C=O) groups excluding carboxylic acids is 4. The van der Waals surface area contributed by atoms with Crippen LogP contribution >= 0.6 is 0 Å². The average Bonchev–Trinajstić information content (AvgIpc) is 2.68. The van der Waals surface area contributed by atoms with E-state index in [1.807, 2.05) is 19.2 Å². The number of amides is 4. The fourth-order valence-corrected chi connectivity index (χ4v) is 2.32. The summed E-state index contributed by atoms with van der Waals surface area (Å²) in [6.45, 7) is 3.86. The first kappa shape index (κ1) is 22.0. The second-order valence-electron chi connectivity index (χ2n) is 6.73. The van der Waals surface area contributed by atoms with E-state index in [1.165, 1.54) is 0 Å². The third-order valence-electron chi connectivity index (χ3n) is 3.80. The van der Waals surface area contributed by atoms with Crippen LogP contribution in [0.25, 0.3) is 0 Å². The molecule has 0 saturated heterocycles. The third kappa shape index (κ3) is 8.08. The summed E-state index contributed by atoms with van der Waals surface area (Å²) in [4.78, 5) is 46.7. The largest absolute Gasteiger partial charge is 0.486 e. The van der Waals surface area contributed by atoms with Gasteiger partial charge in [-0.05, 0) is 24.5 Å². The molecule has 1 aliphatic rings. The number of anilines is 1. The highest BCUT2D eigenvalue weighted by Crippen LogP contribution is 2.32. The lowest BCUT2D eigenvalue weighted by atomic mass is 10.1. The van der Waals surface area contributed by atoms with Gasteiger partial charge in [0.25, 0.3) is 5.91 Å². The molecule has 10 heteroatoms. The zero-order valence-electron chi connectivity index (χ0n) is 16.4. The Hall–Kier alpha value is -3.30. The summed E-state index contributed by atoms with van der Waals surface area (Å²) in [5.41, 5.74) is 0.403. The van der Waals surface area contributed by atoms with Crippen LogP contribution in [0.15, 0.2) is 18.2 Å². The third-order valence-corrected chi connectivity index (χ3v) is 3.80. The Kier molecular flexibility index (Phi) is 8.26. The topological polar surface area (TPSA) is 132 Å². The molecule has 29 heavy (non-hydrogen) atoms. The van der Waals surface area contributed by atoms with Crippen molar-refractivity contribution in [3.63, 3.8) is 0 Å².